The van der Waals surface area contributed by atoms with Crippen LogP contribution in [0.25, 0.3) is 0 Å². The van der Waals surface area contributed by atoms with Crippen molar-refractivity contribution in [2.24, 2.45) is 0 Å². The number of likely N-dealkylation sites (N-methyl/N-ethyl adjacent to an activating group) is 1. The van der Waals surface area contributed by atoms with Crippen molar-refractivity contribution in [2.75, 3.05) is 27.2 Å². The Kier molecular flexibility index (Phi) is 5.71. The van der Waals surface area contributed by atoms with Gasteiger partial charge >= 0.3 is 6.03 Å². The SMILES string of the molecule is CC(c1ccc(F)c(F)c1)N(C)C(=O)CCCN1C(=O)CN(C)C1=O. The number of urea groups is 1. The monoisotopic (exact) mass is 353 g/mol. The largest absolute Gasteiger partial charge is 0.339 e. The minimum Gasteiger partial charge on any atom is -0.339 e. The van der Waals surface area contributed by atoms with Crippen molar-refractivity contribution in [3.63, 3.8) is 0 Å². The lowest BCUT2D eigenvalue weighted by Crippen LogP contribution is -2.34. The highest BCUT2D eigenvalue weighted by Crippen LogP contribution is 2.22. The van der Waals surface area contributed by atoms with Crippen LogP contribution < -0.4 is 0 Å². The van der Waals surface area contributed by atoms with Crippen molar-refractivity contribution < 1.29 is 23.2 Å². The standard InChI is InChI=1S/C17H21F2N3O3/c1-11(12-6-7-13(18)14(19)9-12)21(3)15(23)5-4-8-22-16(24)10-20(2)17(22)25/h6-7,9,11H,4-5,8,10H2,1-3H3. The zero-order chi connectivity index (χ0) is 18.7. The summed E-state index contributed by atoms with van der Waals surface area (Å²) in [6.45, 7) is 1.95. The molecule has 4 amide bonds. The quantitative estimate of drug-likeness (QED) is 0.737. The second-order valence-corrected chi connectivity index (χ2v) is 6.14. The fraction of sp³-hybridized carbons (Fsp3) is 0.471. The summed E-state index contributed by atoms with van der Waals surface area (Å²) < 4.78 is 26.3. The molecule has 8 heteroatoms. The van der Waals surface area contributed by atoms with Crippen LogP contribution in [-0.4, -0.2) is 59.7 Å². The van der Waals surface area contributed by atoms with Gasteiger partial charge in [-0.1, -0.05) is 6.07 Å². The maximum atomic E-state index is 13.3. The summed E-state index contributed by atoms with van der Waals surface area (Å²) in [4.78, 5) is 39.6. The molecule has 136 valence electrons. The van der Waals surface area contributed by atoms with Crippen molar-refractivity contribution in [1.82, 2.24) is 14.7 Å². The lowest BCUT2D eigenvalue weighted by Gasteiger charge is -2.26. The molecule has 25 heavy (non-hydrogen) atoms. The maximum Gasteiger partial charge on any atom is 0.326 e. The number of halogens is 2. The Morgan fingerprint density at radius 2 is 1.96 bits per heavy atom. The third kappa shape index (κ3) is 4.12. The van der Waals surface area contributed by atoms with E-state index in [4.69, 9.17) is 0 Å². The van der Waals surface area contributed by atoms with E-state index in [-0.39, 0.29) is 37.4 Å². The van der Waals surface area contributed by atoms with Crippen LogP contribution in [0.2, 0.25) is 0 Å². The van der Waals surface area contributed by atoms with E-state index in [9.17, 15) is 23.2 Å². The number of carbonyl (C=O) groups excluding carboxylic acids is 3. The summed E-state index contributed by atoms with van der Waals surface area (Å²) in [5, 5.41) is 0. The van der Waals surface area contributed by atoms with Gasteiger partial charge in [-0.15, -0.1) is 0 Å². The molecule has 0 spiro atoms. The first-order valence-electron chi connectivity index (χ1n) is 7.98. The van der Waals surface area contributed by atoms with Gasteiger partial charge < -0.3 is 9.80 Å². The van der Waals surface area contributed by atoms with Crippen LogP contribution >= 0.6 is 0 Å². The first-order chi connectivity index (χ1) is 11.7. The first-order valence-corrected chi connectivity index (χ1v) is 7.98. The molecule has 1 heterocycles. The Morgan fingerprint density at radius 3 is 2.52 bits per heavy atom. The fourth-order valence-corrected chi connectivity index (χ4v) is 2.67. The molecule has 1 aliphatic heterocycles. The Bertz CT molecular complexity index is 696. The van der Waals surface area contributed by atoms with E-state index in [1.807, 2.05) is 0 Å². The molecule has 0 aliphatic carbocycles. The average molecular weight is 353 g/mol. The number of benzene rings is 1. The summed E-state index contributed by atoms with van der Waals surface area (Å²) in [5.74, 6) is -2.37. The van der Waals surface area contributed by atoms with Crippen LogP contribution in [0, 0.1) is 11.6 Å². The van der Waals surface area contributed by atoms with E-state index >= 15 is 0 Å². The number of hydrogen-bond acceptors (Lipinski definition) is 3. The second-order valence-electron chi connectivity index (χ2n) is 6.14. The van der Waals surface area contributed by atoms with E-state index in [1.54, 1.807) is 21.0 Å². The molecule has 1 aromatic carbocycles. The van der Waals surface area contributed by atoms with E-state index < -0.39 is 17.7 Å². The van der Waals surface area contributed by atoms with Crippen LogP contribution in [0.3, 0.4) is 0 Å². The highest BCUT2D eigenvalue weighted by molar-refractivity contribution is 6.01. The highest BCUT2D eigenvalue weighted by Gasteiger charge is 2.33. The smallest absolute Gasteiger partial charge is 0.326 e. The van der Waals surface area contributed by atoms with Crippen LogP contribution in [0.4, 0.5) is 13.6 Å². The van der Waals surface area contributed by atoms with Crippen LogP contribution in [-0.2, 0) is 9.59 Å². The molecule has 1 aliphatic rings. The Morgan fingerprint density at radius 1 is 1.28 bits per heavy atom. The van der Waals surface area contributed by atoms with Crippen molar-refractivity contribution in [3.05, 3.63) is 35.4 Å². The molecule has 6 nitrogen and oxygen atoms in total. The summed E-state index contributed by atoms with van der Waals surface area (Å²) in [6, 6.07) is 2.75. The number of amides is 4. The number of rotatable bonds is 6. The second kappa shape index (κ2) is 7.58. The maximum absolute atomic E-state index is 13.3. The van der Waals surface area contributed by atoms with Gasteiger partial charge in [0.15, 0.2) is 11.6 Å². The third-order valence-corrected chi connectivity index (χ3v) is 4.40. The Labute approximate surface area is 145 Å². The van der Waals surface area contributed by atoms with E-state index in [2.05, 4.69) is 0 Å². The third-order valence-electron chi connectivity index (χ3n) is 4.40. The predicted molar refractivity (Wildman–Crippen MR) is 86.5 cm³/mol. The normalized spacial score (nSPS) is 15.7. The minimum absolute atomic E-state index is 0.0554. The number of carbonyl (C=O) groups is 3. The van der Waals surface area contributed by atoms with Crippen molar-refractivity contribution in [3.8, 4) is 0 Å². The van der Waals surface area contributed by atoms with Crippen molar-refractivity contribution in [2.45, 2.75) is 25.8 Å². The van der Waals surface area contributed by atoms with E-state index in [0.29, 0.717) is 12.0 Å². The molecular weight excluding hydrogens is 332 g/mol. The van der Waals surface area contributed by atoms with Gasteiger partial charge in [0.2, 0.25) is 11.8 Å². The highest BCUT2D eigenvalue weighted by atomic mass is 19.2. The number of nitrogens with zero attached hydrogens (tertiary/aromatic N) is 3. The summed E-state index contributed by atoms with van der Waals surface area (Å²) in [7, 11) is 3.12. The molecule has 0 N–H and O–H groups in total. The summed E-state index contributed by atoms with van der Waals surface area (Å²) in [6.07, 6.45) is 0.490. The molecule has 1 aromatic rings. The zero-order valence-corrected chi connectivity index (χ0v) is 14.5. The van der Waals surface area contributed by atoms with Crippen LogP contribution in [0.5, 0.6) is 0 Å². The van der Waals surface area contributed by atoms with Gasteiger partial charge in [-0.25, -0.2) is 13.6 Å². The summed E-state index contributed by atoms with van der Waals surface area (Å²) >= 11 is 0. The van der Waals surface area contributed by atoms with E-state index in [0.717, 1.165) is 17.0 Å². The predicted octanol–water partition coefficient (Wildman–Crippen LogP) is 2.16. The zero-order valence-electron chi connectivity index (χ0n) is 14.5. The van der Waals surface area contributed by atoms with Crippen LogP contribution in [0.1, 0.15) is 31.4 Å². The Balaban J connectivity index is 1.88. The molecule has 0 saturated carbocycles. The molecule has 0 bridgehead atoms. The van der Waals surface area contributed by atoms with Gasteiger partial charge in [0, 0.05) is 27.1 Å². The van der Waals surface area contributed by atoms with E-state index in [1.165, 1.54) is 15.9 Å². The molecule has 0 radical (unpaired) electrons. The summed E-state index contributed by atoms with van der Waals surface area (Å²) in [5.41, 5.74) is 0.487. The van der Waals surface area contributed by atoms with Gasteiger partial charge in [0.1, 0.15) is 6.54 Å². The van der Waals surface area contributed by atoms with Crippen molar-refractivity contribution >= 4 is 17.8 Å². The van der Waals surface area contributed by atoms with Crippen LogP contribution in [0.15, 0.2) is 18.2 Å². The first kappa shape index (κ1) is 18.8. The molecule has 1 atom stereocenters. The van der Waals surface area contributed by atoms with Gasteiger partial charge in [-0.05, 0) is 31.0 Å². The molecule has 1 unspecified atom stereocenters. The lowest BCUT2D eigenvalue weighted by molar-refractivity contribution is -0.132. The van der Waals surface area contributed by atoms with Gasteiger partial charge in [0.05, 0.1) is 6.04 Å². The molecule has 2 rings (SSSR count). The molecule has 1 fully saturated rings. The molecule has 0 aromatic heterocycles. The van der Waals surface area contributed by atoms with Gasteiger partial charge in [-0.3, -0.25) is 14.5 Å². The average Bonchev–Trinajstić information content (AvgIpc) is 2.81. The lowest BCUT2D eigenvalue weighted by atomic mass is 10.1. The minimum atomic E-state index is -0.958. The topological polar surface area (TPSA) is 60.9 Å². The van der Waals surface area contributed by atoms with Gasteiger partial charge in [0.25, 0.3) is 0 Å². The molecule has 1 saturated heterocycles. The van der Waals surface area contributed by atoms with Crippen molar-refractivity contribution in [1.29, 1.82) is 0 Å². The number of imide groups is 1. The molecular formula is C17H21F2N3O3. The fourth-order valence-electron chi connectivity index (χ4n) is 2.67. The van der Waals surface area contributed by atoms with Gasteiger partial charge in [-0.2, -0.15) is 0 Å². The number of hydrogen-bond donors (Lipinski definition) is 0. The Hall–Kier alpha value is -2.51.